The van der Waals surface area contributed by atoms with Gasteiger partial charge in [-0.15, -0.1) is 0 Å². The average molecular weight is 1470 g/mol. The van der Waals surface area contributed by atoms with Crippen molar-refractivity contribution < 1.29 is 73.3 Å². The molecule has 0 saturated carbocycles. The number of hydrogen-bond donors (Lipinski definition) is 0. The van der Waals surface area contributed by atoms with Crippen molar-refractivity contribution >= 4 is 95.3 Å². The molecule has 0 heterocycles. The minimum atomic E-state index is -0.665. The monoisotopic (exact) mass is 1470 g/mol. The predicted octanol–water partition coefficient (Wildman–Crippen LogP) is 13.9. The average Bonchev–Trinajstić information content (AvgIpc) is 0.841. The maximum absolute atomic E-state index is 5.30. The first-order chi connectivity index (χ1) is 49.0. The van der Waals surface area contributed by atoms with Gasteiger partial charge in [0.15, 0.2) is 0 Å². The molecule has 0 aliphatic heterocycles. The molecule has 12 aromatic rings. The Balaban J connectivity index is 0.000000171. The van der Waals surface area contributed by atoms with E-state index in [0.29, 0.717) is 0 Å². The van der Waals surface area contributed by atoms with Gasteiger partial charge >= 0.3 is 0 Å². The van der Waals surface area contributed by atoms with Gasteiger partial charge in [-0.3, -0.25) is 0 Å². The van der Waals surface area contributed by atoms with Crippen molar-refractivity contribution in [1.29, 1.82) is 0 Å². The molecular formula is C84H84NiO12P4. The summed E-state index contributed by atoms with van der Waals surface area (Å²) in [5.41, 5.74) is 0. The first kappa shape index (κ1) is 77.2. The van der Waals surface area contributed by atoms with Crippen LogP contribution in [0.15, 0.2) is 291 Å². The summed E-state index contributed by atoms with van der Waals surface area (Å²) in [5, 5.41) is 15.2. The van der Waals surface area contributed by atoms with Crippen molar-refractivity contribution in [3.8, 4) is 69.0 Å². The standard InChI is InChI=1S/4C21H21O3P.Ni/c4*1-22-16-4-10-19(11-5-16)25(20-12-6-17(23-2)7-13-20)21-14-8-18(24-3)9-15-21;/h4*4-15H,1-3H3;. The molecular weight excluding hydrogens is 1380 g/mol. The predicted molar refractivity (Wildman–Crippen MR) is 419 cm³/mol. The van der Waals surface area contributed by atoms with Crippen molar-refractivity contribution in [2.75, 3.05) is 85.3 Å². The summed E-state index contributed by atoms with van der Waals surface area (Å²) in [6.45, 7) is 0. The second kappa shape index (κ2) is 40.0. The van der Waals surface area contributed by atoms with E-state index in [4.69, 9.17) is 56.8 Å². The number of benzene rings is 12. The fourth-order valence-electron chi connectivity index (χ4n) is 10.6. The van der Waals surface area contributed by atoms with Crippen LogP contribution in [0, 0.1) is 0 Å². The fourth-order valence-corrected chi connectivity index (χ4v) is 19.5. The molecule has 0 fully saturated rings. The number of ether oxygens (including phenoxy) is 12. The van der Waals surface area contributed by atoms with E-state index in [9.17, 15) is 0 Å². The number of hydrogen-bond acceptors (Lipinski definition) is 12. The second-order valence-electron chi connectivity index (χ2n) is 21.7. The van der Waals surface area contributed by atoms with Crippen molar-refractivity contribution in [3.63, 3.8) is 0 Å². The van der Waals surface area contributed by atoms with Gasteiger partial charge in [0.25, 0.3) is 0 Å². The van der Waals surface area contributed by atoms with Crippen LogP contribution in [0.4, 0.5) is 0 Å². The van der Waals surface area contributed by atoms with Crippen molar-refractivity contribution in [3.05, 3.63) is 291 Å². The van der Waals surface area contributed by atoms with Gasteiger partial charge in [0.05, 0.1) is 85.3 Å². The topological polar surface area (TPSA) is 111 Å². The van der Waals surface area contributed by atoms with Crippen molar-refractivity contribution in [1.82, 2.24) is 0 Å². The first-order valence-electron chi connectivity index (χ1n) is 31.9. The van der Waals surface area contributed by atoms with E-state index >= 15 is 0 Å². The first-order valence-corrected chi connectivity index (χ1v) is 37.3. The summed E-state index contributed by atoms with van der Waals surface area (Å²) in [6.07, 6.45) is 0. The van der Waals surface area contributed by atoms with E-state index in [-0.39, 0.29) is 16.5 Å². The van der Waals surface area contributed by atoms with Gasteiger partial charge in [-0.25, -0.2) is 0 Å². The maximum atomic E-state index is 5.30. The molecule has 0 aromatic heterocycles. The van der Waals surface area contributed by atoms with Crippen LogP contribution in [0.5, 0.6) is 69.0 Å². The van der Waals surface area contributed by atoms with E-state index in [1.807, 2.05) is 146 Å². The molecule has 0 spiro atoms. The summed E-state index contributed by atoms with van der Waals surface area (Å²) < 4.78 is 63.5. The van der Waals surface area contributed by atoms with Crippen LogP contribution in [0.25, 0.3) is 0 Å². The Bertz CT molecular complexity index is 3310. The molecule has 0 unspecified atom stereocenters. The van der Waals surface area contributed by atoms with Crippen LogP contribution in [0.3, 0.4) is 0 Å². The minimum absolute atomic E-state index is 0. The Morgan fingerprint density at radius 3 is 0.228 bits per heavy atom. The smallest absolute Gasteiger partial charge is 0.118 e. The van der Waals surface area contributed by atoms with Gasteiger partial charge in [0.2, 0.25) is 0 Å². The quantitative estimate of drug-likeness (QED) is 0.0424. The minimum Gasteiger partial charge on any atom is -0.497 e. The third kappa shape index (κ3) is 21.3. The Kier molecular flexibility index (Phi) is 30.6. The van der Waals surface area contributed by atoms with Crippen molar-refractivity contribution in [2.24, 2.45) is 0 Å². The molecule has 0 amide bonds. The third-order valence-corrected chi connectivity index (χ3v) is 25.7. The Morgan fingerprint density at radius 2 is 0.178 bits per heavy atom. The molecule has 0 atom stereocenters. The summed E-state index contributed by atoms with van der Waals surface area (Å²) in [7, 11) is 17.6. The molecule has 17 heteroatoms. The van der Waals surface area contributed by atoms with Crippen LogP contribution >= 0.6 is 31.7 Å². The molecule has 0 radical (unpaired) electrons. The van der Waals surface area contributed by atoms with E-state index in [1.165, 1.54) is 63.7 Å². The van der Waals surface area contributed by atoms with Crippen molar-refractivity contribution in [2.45, 2.75) is 0 Å². The molecule has 12 nitrogen and oxygen atoms in total. The summed E-state index contributed by atoms with van der Waals surface area (Å²) in [5.74, 6) is 10.4. The van der Waals surface area contributed by atoms with Gasteiger partial charge in [-0.05, 0) is 241 Å². The van der Waals surface area contributed by atoms with E-state index in [2.05, 4.69) is 146 Å². The molecule has 0 aliphatic carbocycles. The van der Waals surface area contributed by atoms with Gasteiger partial charge in [-0.1, -0.05) is 146 Å². The molecule has 12 rings (SSSR count). The zero-order valence-electron chi connectivity index (χ0n) is 58.7. The maximum Gasteiger partial charge on any atom is 0.118 e. The van der Waals surface area contributed by atoms with E-state index in [0.717, 1.165) is 69.0 Å². The summed E-state index contributed by atoms with van der Waals surface area (Å²) in [4.78, 5) is 0. The Labute approximate surface area is 610 Å². The SMILES string of the molecule is COc1ccc(P(c2ccc(OC)cc2)c2ccc(OC)cc2)cc1.COc1ccc(P(c2ccc(OC)cc2)c2ccc(OC)cc2)cc1.COc1ccc(P(c2ccc(OC)cc2)c2ccc(OC)cc2)cc1.COc1ccc(P(c2ccc(OC)cc2)c2ccc(OC)cc2)cc1.[Ni]. The Hall–Kier alpha value is -9.55. The van der Waals surface area contributed by atoms with Crippen LogP contribution in [0.1, 0.15) is 0 Å². The second-order valence-corrected chi connectivity index (χ2v) is 30.6. The van der Waals surface area contributed by atoms with Crippen LogP contribution < -0.4 is 120 Å². The fraction of sp³-hybridized carbons (Fsp3) is 0.143. The van der Waals surface area contributed by atoms with Crippen LogP contribution in [-0.2, 0) is 16.5 Å². The number of methoxy groups -OCH3 is 12. The molecule has 522 valence electrons. The van der Waals surface area contributed by atoms with Gasteiger partial charge in [0, 0.05) is 16.5 Å². The van der Waals surface area contributed by atoms with Gasteiger partial charge in [0.1, 0.15) is 69.0 Å². The van der Waals surface area contributed by atoms with E-state index < -0.39 is 31.7 Å². The largest absolute Gasteiger partial charge is 0.497 e. The molecule has 101 heavy (non-hydrogen) atoms. The van der Waals surface area contributed by atoms with E-state index in [1.54, 1.807) is 85.3 Å². The zero-order valence-corrected chi connectivity index (χ0v) is 63.3. The van der Waals surface area contributed by atoms with Crippen LogP contribution in [0.2, 0.25) is 0 Å². The summed E-state index contributed by atoms with van der Waals surface area (Å²) in [6, 6.07) is 99.6. The number of rotatable bonds is 24. The van der Waals surface area contributed by atoms with Crippen LogP contribution in [-0.4, -0.2) is 85.3 Å². The van der Waals surface area contributed by atoms with Gasteiger partial charge in [-0.2, -0.15) is 0 Å². The molecule has 0 N–H and O–H groups in total. The molecule has 0 bridgehead atoms. The van der Waals surface area contributed by atoms with Gasteiger partial charge < -0.3 is 56.8 Å². The Morgan fingerprint density at radius 1 is 0.119 bits per heavy atom. The third-order valence-electron chi connectivity index (χ3n) is 16.0. The zero-order chi connectivity index (χ0) is 70.6. The summed E-state index contributed by atoms with van der Waals surface area (Å²) >= 11 is 0. The normalized spacial score (nSPS) is 10.5. The molecule has 0 aliphatic rings. The molecule has 12 aromatic carbocycles. The molecule has 0 saturated heterocycles.